The predicted octanol–water partition coefficient (Wildman–Crippen LogP) is 6.29. The third-order valence-corrected chi connectivity index (χ3v) is 6.22. The molecule has 0 atom stereocenters. The summed E-state index contributed by atoms with van der Waals surface area (Å²) < 4.78 is 46.9. The largest absolute Gasteiger partial charge is 0.490 e. The van der Waals surface area contributed by atoms with E-state index in [1.165, 1.54) is 12.1 Å². The molecule has 0 radical (unpaired) electrons. The fourth-order valence-corrected chi connectivity index (χ4v) is 4.42. The van der Waals surface area contributed by atoms with Crippen LogP contribution in [0.2, 0.25) is 5.02 Å². The maximum Gasteiger partial charge on any atom is 0.417 e. The van der Waals surface area contributed by atoms with Crippen molar-refractivity contribution in [1.29, 1.82) is 0 Å². The Kier molecular flexibility index (Phi) is 6.59. The summed E-state index contributed by atoms with van der Waals surface area (Å²) in [6, 6.07) is 15.5. The van der Waals surface area contributed by atoms with Gasteiger partial charge >= 0.3 is 6.18 Å². The third-order valence-electron chi connectivity index (χ3n) is 5.98. The van der Waals surface area contributed by atoms with Crippen LogP contribution in [-0.2, 0) is 6.18 Å². The van der Waals surface area contributed by atoms with Gasteiger partial charge < -0.3 is 20.4 Å². The Balaban J connectivity index is 1.42. The van der Waals surface area contributed by atoms with Gasteiger partial charge in [-0.1, -0.05) is 23.7 Å². The van der Waals surface area contributed by atoms with Crippen LogP contribution >= 0.6 is 11.6 Å². The van der Waals surface area contributed by atoms with Crippen molar-refractivity contribution in [3.05, 3.63) is 76.8 Å². The molecule has 2 heterocycles. The number of carbonyl (C=O) groups is 1. The number of carbonyl (C=O) groups excluding carboxylic acids is 1. The molecule has 0 aliphatic carbocycles. The first-order valence-corrected chi connectivity index (χ1v) is 11.8. The Morgan fingerprint density at radius 2 is 1.83 bits per heavy atom. The van der Waals surface area contributed by atoms with Crippen molar-refractivity contribution < 1.29 is 22.7 Å². The highest BCUT2D eigenvalue weighted by Crippen LogP contribution is 2.38. The maximum atomic E-state index is 13.6. The van der Waals surface area contributed by atoms with Gasteiger partial charge in [-0.15, -0.1) is 0 Å². The SMILES string of the molecule is O=C(Nc1cccc(OC2CCNCC2)c1)c1cccc2[nH]c(-c3ccc(Cl)cc3C(F)(F)F)nc12. The third kappa shape index (κ3) is 5.17. The van der Waals surface area contributed by atoms with Crippen LogP contribution in [0.25, 0.3) is 22.4 Å². The van der Waals surface area contributed by atoms with Gasteiger partial charge in [0.25, 0.3) is 5.91 Å². The molecule has 3 N–H and O–H groups in total. The van der Waals surface area contributed by atoms with Gasteiger partial charge in [0.05, 0.1) is 16.6 Å². The van der Waals surface area contributed by atoms with E-state index in [0.717, 1.165) is 32.0 Å². The zero-order chi connectivity index (χ0) is 25.3. The van der Waals surface area contributed by atoms with Crippen molar-refractivity contribution in [2.24, 2.45) is 0 Å². The molecular formula is C26H22ClF3N4O2. The first-order valence-electron chi connectivity index (χ1n) is 11.4. The van der Waals surface area contributed by atoms with E-state index in [1.807, 2.05) is 6.07 Å². The molecule has 1 fully saturated rings. The minimum Gasteiger partial charge on any atom is -0.490 e. The van der Waals surface area contributed by atoms with Gasteiger partial charge in [-0.2, -0.15) is 13.2 Å². The maximum absolute atomic E-state index is 13.6. The summed E-state index contributed by atoms with van der Waals surface area (Å²) in [5, 5.41) is 6.09. The van der Waals surface area contributed by atoms with Crippen LogP contribution in [0.15, 0.2) is 60.7 Å². The summed E-state index contributed by atoms with van der Waals surface area (Å²) in [5.41, 5.74) is 0.389. The summed E-state index contributed by atoms with van der Waals surface area (Å²) in [7, 11) is 0. The molecule has 1 aromatic heterocycles. The Hall–Kier alpha value is -3.56. The lowest BCUT2D eigenvalue weighted by Gasteiger charge is -2.24. The van der Waals surface area contributed by atoms with Gasteiger partial charge in [-0.05, 0) is 68.4 Å². The second-order valence-corrected chi connectivity index (χ2v) is 8.96. The van der Waals surface area contributed by atoms with E-state index in [-0.39, 0.29) is 33.6 Å². The lowest BCUT2D eigenvalue weighted by molar-refractivity contribution is -0.137. The zero-order valence-corrected chi connectivity index (χ0v) is 19.7. The van der Waals surface area contributed by atoms with E-state index in [0.29, 0.717) is 17.0 Å². The quantitative estimate of drug-likeness (QED) is 0.293. The molecule has 36 heavy (non-hydrogen) atoms. The van der Waals surface area contributed by atoms with E-state index in [9.17, 15) is 18.0 Å². The number of nitrogens with one attached hydrogen (secondary N) is 3. The van der Waals surface area contributed by atoms with Gasteiger partial charge in [-0.3, -0.25) is 4.79 Å². The molecule has 3 aromatic carbocycles. The van der Waals surface area contributed by atoms with E-state index in [2.05, 4.69) is 20.6 Å². The molecule has 1 saturated heterocycles. The number of alkyl halides is 3. The minimum absolute atomic E-state index is 0.00777. The number of nitrogens with zero attached hydrogens (tertiary/aromatic N) is 1. The summed E-state index contributed by atoms with van der Waals surface area (Å²) >= 11 is 5.80. The highest BCUT2D eigenvalue weighted by molar-refractivity contribution is 6.30. The molecule has 0 spiro atoms. The van der Waals surface area contributed by atoms with Crippen molar-refractivity contribution >= 4 is 34.2 Å². The van der Waals surface area contributed by atoms with E-state index < -0.39 is 17.6 Å². The van der Waals surface area contributed by atoms with E-state index in [1.54, 1.807) is 36.4 Å². The van der Waals surface area contributed by atoms with E-state index in [4.69, 9.17) is 16.3 Å². The number of fused-ring (bicyclic) bond motifs is 1. The molecule has 4 aromatic rings. The second-order valence-electron chi connectivity index (χ2n) is 8.52. The van der Waals surface area contributed by atoms with Crippen molar-refractivity contribution in [2.45, 2.75) is 25.1 Å². The number of aromatic amines is 1. The number of anilines is 1. The van der Waals surface area contributed by atoms with Crippen LogP contribution in [-0.4, -0.2) is 35.1 Å². The lowest BCUT2D eigenvalue weighted by atomic mass is 10.1. The van der Waals surface area contributed by atoms with Gasteiger partial charge in [-0.25, -0.2) is 4.98 Å². The van der Waals surface area contributed by atoms with Crippen LogP contribution in [0, 0.1) is 0 Å². The summed E-state index contributed by atoms with van der Waals surface area (Å²) in [6.45, 7) is 1.80. The van der Waals surface area contributed by atoms with Crippen LogP contribution in [0.1, 0.15) is 28.8 Å². The molecule has 5 rings (SSSR count). The average Bonchev–Trinajstić information content (AvgIpc) is 3.28. The highest BCUT2D eigenvalue weighted by atomic mass is 35.5. The minimum atomic E-state index is -4.62. The Bertz CT molecular complexity index is 1410. The Labute approximate surface area is 209 Å². The molecular weight excluding hydrogens is 493 g/mol. The fourth-order valence-electron chi connectivity index (χ4n) is 4.25. The average molecular weight is 515 g/mol. The Morgan fingerprint density at radius 3 is 2.61 bits per heavy atom. The van der Waals surface area contributed by atoms with Gasteiger partial charge in [0, 0.05) is 22.3 Å². The number of benzene rings is 3. The number of ether oxygens (including phenoxy) is 1. The smallest absolute Gasteiger partial charge is 0.417 e. The van der Waals surface area contributed by atoms with Crippen LogP contribution in [0.5, 0.6) is 5.75 Å². The highest BCUT2D eigenvalue weighted by Gasteiger charge is 2.35. The van der Waals surface area contributed by atoms with Crippen LogP contribution in [0.4, 0.5) is 18.9 Å². The normalized spacial score (nSPS) is 14.7. The first-order chi connectivity index (χ1) is 17.3. The predicted molar refractivity (Wildman–Crippen MR) is 132 cm³/mol. The van der Waals surface area contributed by atoms with Gasteiger partial charge in [0.1, 0.15) is 23.2 Å². The van der Waals surface area contributed by atoms with Crippen molar-refractivity contribution in [2.75, 3.05) is 18.4 Å². The van der Waals surface area contributed by atoms with Crippen LogP contribution < -0.4 is 15.4 Å². The number of amides is 1. The standard InChI is InChI=1S/C26H22ClF3N4O2/c27-15-7-8-19(21(13-15)26(28,29)30)24-33-22-6-2-5-20(23(22)34-24)25(35)32-16-3-1-4-18(14-16)36-17-9-11-31-12-10-17/h1-8,13-14,17,31H,9-12H2,(H,32,35)(H,33,34). The molecule has 186 valence electrons. The van der Waals surface area contributed by atoms with E-state index >= 15 is 0 Å². The molecule has 1 amide bonds. The summed E-state index contributed by atoms with van der Waals surface area (Å²) in [5.74, 6) is 0.207. The molecule has 10 heteroatoms. The van der Waals surface area contributed by atoms with Crippen LogP contribution in [0.3, 0.4) is 0 Å². The molecule has 0 bridgehead atoms. The van der Waals surface area contributed by atoms with Crippen molar-refractivity contribution in [3.63, 3.8) is 0 Å². The summed E-state index contributed by atoms with van der Waals surface area (Å²) in [6.07, 6.45) is -2.70. The fraction of sp³-hybridized carbons (Fsp3) is 0.231. The molecule has 0 unspecified atom stereocenters. The number of imidazole rings is 1. The van der Waals surface area contributed by atoms with Crippen molar-refractivity contribution in [1.82, 2.24) is 15.3 Å². The second kappa shape index (κ2) is 9.83. The molecule has 0 saturated carbocycles. The first kappa shape index (κ1) is 24.1. The van der Waals surface area contributed by atoms with Crippen molar-refractivity contribution in [3.8, 4) is 17.1 Å². The number of halogens is 4. The number of hydrogen-bond acceptors (Lipinski definition) is 4. The number of rotatable bonds is 5. The lowest BCUT2D eigenvalue weighted by Crippen LogP contribution is -2.34. The number of hydrogen-bond donors (Lipinski definition) is 3. The topological polar surface area (TPSA) is 79.0 Å². The number of aromatic nitrogens is 2. The molecule has 1 aliphatic heterocycles. The van der Waals surface area contributed by atoms with Gasteiger partial charge in [0.15, 0.2) is 0 Å². The number of piperidine rings is 1. The monoisotopic (exact) mass is 514 g/mol. The zero-order valence-electron chi connectivity index (χ0n) is 19.0. The Morgan fingerprint density at radius 1 is 1.06 bits per heavy atom. The number of H-pyrrole nitrogens is 1. The van der Waals surface area contributed by atoms with Gasteiger partial charge in [0.2, 0.25) is 0 Å². The summed E-state index contributed by atoms with van der Waals surface area (Å²) in [4.78, 5) is 20.4. The molecule has 6 nitrogen and oxygen atoms in total. The number of para-hydroxylation sites is 1. The molecule has 1 aliphatic rings.